The molecule has 1 aliphatic heterocycles. The average molecular weight is 393 g/mol. The van der Waals surface area contributed by atoms with Gasteiger partial charge < -0.3 is 5.32 Å². The fourth-order valence-corrected chi connectivity index (χ4v) is 3.87. The van der Waals surface area contributed by atoms with Crippen molar-refractivity contribution in [1.29, 1.82) is 0 Å². The van der Waals surface area contributed by atoms with E-state index in [0.717, 1.165) is 52.2 Å². The molecule has 118 valence electrons. The molecule has 4 rings (SSSR count). The van der Waals surface area contributed by atoms with Gasteiger partial charge in [0.1, 0.15) is 17.5 Å². The van der Waals surface area contributed by atoms with Crippen LogP contribution in [0.4, 0.5) is 5.82 Å². The van der Waals surface area contributed by atoms with Gasteiger partial charge >= 0.3 is 0 Å². The van der Waals surface area contributed by atoms with Crippen molar-refractivity contribution in [2.75, 3.05) is 5.32 Å². The summed E-state index contributed by atoms with van der Waals surface area (Å²) in [6.07, 6.45) is 1.95. The predicted molar refractivity (Wildman–Crippen MR) is 94.9 cm³/mol. The van der Waals surface area contributed by atoms with Crippen LogP contribution in [0.2, 0.25) is 5.02 Å². The van der Waals surface area contributed by atoms with E-state index in [9.17, 15) is 0 Å². The molecule has 1 N–H and O–H groups in total. The number of aryl methyl sites for hydroxylation is 2. The molecule has 2 aromatic heterocycles. The smallest absolute Gasteiger partial charge is 0.147 e. The maximum atomic E-state index is 6.30. The molecule has 1 atom stereocenters. The minimum absolute atomic E-state index is 0.294. The zero-order chi connectivity index (χ0) is 16.0. The van der Waals surface area contributed by atoms with Gasteiger partial charge in [-0.25, -0.2) is 14.6 Å². The molecule has 5 nitrogen and oxygen atoms in total. The Hall–Kier alpha value is -1.66. The van der Waals surface area contributed by atoms with Crippen LogP contribution in [0.1, 0.15) is 18.1 Å². The number of hydrogen-bond acceptors (Lipinski definition) is 4. The highest BCUT2D eigenvalue weighted by Crippen LogP contribution is 2.28. The zero-order valence-corrected chi connectivity index (χ0v) is 14.9. The molecule has 0 saturated carbocycles. The average Bonchev–Trinajstić information content (AvgIpc) is 2.87. The standard InChI is InChI=1S/C16H15BrClN5/c1-9-19-15-5-3-12(8-23(15)22-9)20-14-4-2-10-6-11(17)7-13(18)16(10)21-14/h2,4,6-7,12H,3,5,8H2,1H3,(H,20,21). The molecule has 3 aromatic rings. The van der Waals surface area contributed by atoms with Gasteiger partial charge in [0.05, 0.1) is 17.1 Å². The number of aromatic nitrogens is 4. The van der Waals surface area contributed by atoms with Gasteiger partial charge in [0.15, 0.2) is 0 Å². The minimum atomic E-state index is 0.294. The van der Waals surface area contributed by atoms with Crippen LogP contribution >= 0.6 is 27.5 Å². The summed E-state index contributed by atoms with van der Waals surface area (Å²) in [5.41, 5.74) is 0.813. The van der Waals surface area contributed by atoms with Crippen LogP contribution in [-0.4, -0.2) is 25.8 Å². The molecule has 0 bridgehead atoms. The highest BCUT2D eigenvalue weighted by Gasteiger charge is 2.21. The molecule has 3 heterocycles. The Morgan fingerprint density at radius 2 is 2.17 bits per heavy atom. The molecular weight excluding hydrogens is 378 g/mol. The van der Waals surface area contributed by atoms with E-state index in [1.165, 1.54) is 0 Å². The first-order valence-corrected chi connectivity index (χ1v) is 8.68. The summed E-state index contributed by atoms with van der Waals surface area (Å²) < 4.78 is 2.95. The van der Waals surface area contributed by atoms with Gasteiger partial charge in [-0.15, -0.1) is 0 Å². The van der Waals surface area contributed by atoms with E-state index in [0.29, 0.717) is 11.1 Å². The highest BCUT2D eigenvalue weighted by molar-refractivity contribution is 9.10. The summed E-state index contributed by atoms with van der Waals surface area (Å²) >= 11 is 9.76. The molecule has 23 heavy (non-hydrogen) atoms. The first-order chi connectivity index (χ1) is 11.1. The maximum Gasteiger partial charge on any atom is 0.147 e. The Labute approximate surface area is 147 Å². The van der Waals surface area contributed by atoms with Crippen molar-refractivity contribution >= 4 is 44.3 Å². The monoisotopic (exact) mass is 391 g/mol. The Kier molecular flexibility index (Phi) is 3.73. The lowest BCUT2D eigenvalue weighted by Gasteiger charge is -2.24. The first-order valence-electron chi connectivity index (χ1n) is 7.51. The third-order valence-corrected chi connectivity index (χ3v) is 4.77. The third-order valence-electron chi connectivity index (χ3n) is 4.03. The molecular formula is C16H15BrClN5. The topological polar surface area (TPSA) is 55.6 Å². The molecule has 1 unspecified atom stereocenters. The summed E-state index contributed by atoms with van der Waals surface area (Å²) in [5, 5.41) is 9.60. The van der Waals surface area contributed by atoms with Crippen LogP contribution in [0.25, 0.3) is 10.9 Å². The summed E-state index contributed by atoms with van der Waals surface area (Å²) in [6, 6.07) is 8.21. The molecule has 0 amide bonds. The fraction of sp³-hybridized carbons (Fsp3) is 0.312. The van der Waals surface area contributed by atoms with E-state index < -0.39 is 0 Å². The quantitative estimate of drug-likeness (QED) is 0.717. The second-order valence-corrected chi connectivity index (χ2v) is 7.12. The highest BCUT2D eigenvalue weighted by atomic mass is 79.9. The summed E-state index contributed by atoms with van der Waals surface area (Å²) in [4.78, 5) is 9.10. The first kappa shape index (κ1) is 14.9. The van der Waals surface area contributed by atoms with Crippen molar-refractivity contribution in [1.82, 2.24) is 19.7 Å². The fourth-order valence-electron chi connectivity index (χ4n) is 3.00. The SMILES string of the molecule is Cc1nc2n(n1)CC(Nc1ccc3cc(Br)cc(Cl)c3n1)CC2. The molecule has 0 spiro atoms. The molecule has 1 aliphatic rings. The number of rotatable bonds is 2. The lowest BCUT2D eigenvalue weighted by molar-refractivity contribution is 0.440. The molecule has 0 radical (unpaired) electrons. The molecule has 0 fully saturated rings. The second-order valence-electron chi connectivity index (χ2n) is 5.79. The van der Waals surface area contributed by atoms with Crippen molar-refractivity contribution in [3.05, 3.63) is 45.4 Å². The maximum absolute atomic E-state index is 6.30. The van der Waals surface area contributed by atoms with Gasteiger partial charge in [-0.3, -0.25) is 0 Å². The van der Waals surface area contributed by atoms with Crippen LogP contribution in [0.3, 0.4) is 0 Å². The predicted octanol–water partition coefficient (Wildman–Crippen LogP) is 3.98. The van der Waals surface area contributed by atoms with E-state index in [4.69, 9.17) is 11.6 Å². The van der Waals surface area contributed by atoms with Crippen molar-refractivity contribution < 1.29 is 0 Å². The van der Waals surface area contributed by atoms with Gasteiger partial charge in [0, 0.05) is 22.3 Å². The van der Waals surface area contributed by atoms with Crippen LogP contribution in [0, 0.1) is 6.92 Å². The van der Waals surface area contributed by atoms with Gasteiger partial charge in [-0.2, -0.15) is 5.10 Å². The van der Waals surface area contributed by atoms with Crippen LogP contribution in [0.5, 0.6) is 0 Å². The van der Waals surface area contributed by atoms with Gasteiger partial charge in [0.25, 0.3) is 0 Å². The minimum Gasteiger partial charge on any atom is -0.365 e. The number of fused-ring (bicyclic) bond motifs is 2. The number of anilines is 1. The van der Waals surface area contributed by atoms with Crippen molar-refractivity contribution in [3.8, 4) is 0 Å². The number of nitrogens with zero attached hydrogens (tertiary/aromatic N) is 4. The normalized spacial score (nSPS) is 17.3. The van der Waals surface area contributed by atoms with Crippen molar-refractivity contribution in [2.45, 2.75) is 32.4 Å². The third kappa shape index (κ3) is 2.93. The number of hydrogen-bond donors (Lipinski definition) is 1. The van der Waals surface area contributed by atoms with E-state index in [1.807, 2.05) is 35.9 Å². The lowest BCUT2D eigenvalue weighted by Crippen LogP contribution is -2.32. The summed E-state index contributed by atoms with van der Waals surface area (Å²) in [7, 11) is 0. The summed E-state index contributed by atoms with van der Waals surface area (Å²) in [5.74, 6) is 2.74. The van der Waals surface area contributed by atoms with Gasteiger partial charge in [-0.05, 0) is 37.6 Å². The molecule has 1 aromatic carbocycles. The van der Waals surface area contributed by atoms with Crippen LogP contribution in [-0.2, 0) is 13.0 Å². The largest absolute Gasteiger partial charge is 0.365 e. The molecule has 0 aliphatic carbocycles. The number of benzene rings is 1. The van der Waals surface area contributed by atoms with Crippen molar-refractivity contribution in [3.63, 3.8) is 0 Å². The van der Waals surface area contributed by atoms with Crippen molar-refractivity contribution in [2.24, 2.45) is 0 Å². The van der Waals surface area contributed by atoms with E-state index in [2.05, 4.69) is 36.3 Å². The van der Waals surface area contributed by atoms with E-state index in [1.54, 1.807) is 0 Å². The Bertz CT molecular complexity index is 892. The number of nitrogens with one attached hydrogen (secondary N) is 1. The molecule has 7 heteroatoms. The number of halogens is 2. The van der Waals surface area contributed by atoms with Crippen LogP contribution < -0.4 is 5.32 Å². The van der Waals surface area contributed by atoms with E-state index >= 15 is 0 Å². The Morgan fingerprint density at radius 1 is 1.30 bits per heavy atom. The van der Waals surface area contributed by atoms with Gasteiger partial charge in [0.2, 0.25) is 0 Å². The van der Waals surface area contributed by atoms with E-state index in [-0.39, 0.29) is 0 Å². The summed E-state index contributed by atoms with van der Waals surface area (Å²) in [6.45, 7) is 2.74. The second kappa shape index (κ2) is 5.76. The zero-order valence-electron chi connectivity index (χ0n) is 12.6. The number of pyridine rings is 1. The van der Waals surface area contributed by atoms with Gasteiger partial charge in [-0.1, -0.05) is 27.5 Å². The lowest BCUT2D eigenvalue weighted by atomic mass is 10.1. The van der Waals surface area contributed by atoms with Crippen LogP contribution in [0.15, 0.2) is 28.7 Å². The Balaban J connectivity index is 1.59. The Morgan fingerprint density at radius 3 is 3.04 bits per heavy atom. The molecule has 0 saturated heterocycles.